The van der Waals surface area contributed by atoms with Crippen LogP contribution in [0.25, 0.3) is 10.8 Å². The SMILES string of the molecule is O=C(NC1CCN(C(=O)c2cccc3ccccc23)CC1)c1c(F)cccc1Cl. The van der Waals surface area contributed by atoms with Crippen molar-refractivity contribution < 1.29 is 14.0 Å². The highest BCUT2D eigenvalue weighted by atomic mass is 35.5. The Kier molecular flexibility index (Phi) is 5.49. The van der Waals surface area contributed by atoms with Crippen LogP contribution in [0.4, 0.5) is 4.39 Å². The molecule has 1 aliphatic heterocycles. The Balaban J connectivity index is 1.42. The summed E-state index contributed by atoms with van der Waals surface area (Å²) in [5, 5.41) is 4.90. The van der Waals surface area contributed by atoms with Crippen LogP contribution in [0.15, 0.2) is 60.7 Å². The maximum absolute atomic E-state index is 13.9. The van der Waals surface area contributed by atoms with Crippen LogP contribution in [0.3, 0.4) is 0 Å². The third-order valence-electron chi connectivity index (χ3n) is 5.33. The number of hydrogen-bond donors (Lipinski definition) is 1. The van der Waals surface area contributed by atoms with Crippen molar-refractivity contribution >= 4 is 34.2 Å². The largest absolute Gasteiger partial charge is 0.349 e. The molecular weight excluding hydrogens is 391 g/mol. The van der Waals surface area contributed by atoms with Gasteiger partial charge in [0, 0.05) is 24.7 Å². The van der Waals surface area contributed by atoms with E-state index >= 15 is 0 Å². The Morgan fingerprint density at radius 3 is 2.41 bits per heavy atom. The number of rotatable bonds is 3. The van der Waals surface area contributed by atoms with Crippen LogP contribution in [0, 0.1) is 5.82 Å². The lowest BCUT2D eigenvalue weighted by Crippen LogP contribution is -2.46. The van der Waals surface area contributed by atoms with Gasteiger partial charge in [0.05, 0.1) is 10.6 Å². The summed E-state index contributed by atoms with van der Waals surface area (Å²) < 4.78 is 13.9. The molecule has 0 saturated carbocycles. The number of likely N-dealkylation sites (tertiary alicyclic amines) is 1. The molecular formula is C23H20ClFN2O2. The quantitative estimate of drug-likeness (QED) is 0.682. The normalized spacial score (nSPS) is 14.8. The molecule has 0 unspecified atom stereocenters. The number of carbonyl (C=O) groups excluding carboxylic acids is 2. The maximum atomic E-state index is 13.9. The van der Waals surface area contributed by atoms with Crippen LogP contribution in [-0.4, -0.2) is 35.8 Å². The van der Waals surface area contributed by atoms with Gasteiger partial charge in [-0.05, 0) is 41.8 Å². The number of fused-ring (bicyclic) bond motifs is 1. The third-order valence-corrected chi connectivity index (χ3v) is 5.64. The zero-order valence-corrected chi connectivity index (χ0v) is 16.5. The van der Waals surface area contributed by atoms with Gasteiger partial charge in [0.25, 0.3) is 11.8 Å². The van der Waals surface area contributed by atoms with Gasteiger partial charge in [-0.3, -0.25) is 9.59 Å². The Labute approximate surface area is 173 Å². The predicted molar refractivity (Wildman–Crippen MR) is 112 cm³/mol. The van der Waals surface area contributed by atoms with E-state index in [1.54, 1.807) is 4.90 Å². The molecule has 6 heteroatoms. The zero-order chi connectivity index (χ0) is 20.4. The molecule has 0 aliphatic carbocycles. The number of amides is 2. The number of nitrogens with zero attached hydrogens (tertiary/aromatic N) is 1. The zero-order valence-electron chi connectivity index (χ0n) is 15.7. The molecule has 1 fully saturated rings. The van der Waals surface area contributed by atoms with E-state index < -0.39 is 11.7 Å². The fourth-order valence-electron chi connectivity index (χ4n) is 3.78. The Bertz CT molecular complexity index is 1050. The molecule has 148 valence electrons. The minimum atomic E-state index is -0.640. The average molecular weight is 411 g/mol. The van der Waals surface area contributed by atoms with Crippen molar-refractivity contribution in [2.24, 2.45) is 0 Å². The molecule has 2 amide bonds. The van der Waals surface area contributed by atoms with Gasteiger partial charge in [-0.2, -0.15) is 0 Å². The van der Waals surface area contributed by atoms with Gasteiger partial charge < -0.3 is 10.2 Å². The van der Waals surface area contributed by atoms with Crippen molar-refractivity contribution in [2.75, 3.05) is 13.1 Å². The van der Waals surface area contributed by atoms with E-state index in [1.165, 1.54) is 18.2 Å². The first-order chi connectivity index (χ1) is 14.0. The molecule has 0 radical (unpaired) electrons. The number of piperidine rings is 1. The van der Waals surface area contributed by atoms with Crippen molar-refractivity contribution in [1.29, 1.82) is 0 Å². The van der Waals surface area contributed by atoms with Gasteiger partial charge in [-0.25, -0.2) is 4.39 Å². The molecule has 29 heavy (non-hydrogen) atoms. The van der Waals surface area contributed by atoms with Gasteiger partial charge >= 0.3 is 0 Å². The molecule has 1 saturated heterocycles. The smallest absolute Gasteiger partial charge is 0.255 e. The molecule has 0 aromatic heterocycles. The first kappa shape index (κ1) is 19.4. The minimum Gasteiger partial charge on any atom is -0.349 e. The predicted octanol–water partition coefficient (Wildman–Crippen LogP) is 4.67. The fraction of sp³-hybridized carbons (Fsp3) is 0.217. The summed E-state index contributed by atoms with van der Waals surface area (Å²) in [4.78, 5) is 27.3. The van der Waals surface area contributed by atoms with E-state index in [1.807, 2.05) is 42.5 Å². The van der Waals surface area contributed by atoms with E-state index in [4.69, 9.17) is 11.6 Å². The molecule has 4 rings (SSSR count). The fourth-order valence-corrected chi connectivity index (χ4v) is 4.03. The van der Waals surface area contributed by atoms with E-state index in [0.29, 0.717) is 31.5 Å². The van der Waals surface area contributed by atoms with Crippen molar-refractivity contribution in [1.82, 2.24) is 10.2 Å². The lowest BCUT2D eigenvalue weighted by Gasteiger charge is -2.32. The second-order valence-electron chi connectivity index (χ2n) is 7.16. The lowest BCUT2D eigenvalue weighted by molar-refractivity contribution is 0.0700. The summed E-state index contributed by atoms with van der Waals surface area (Å²) in [6, 6.07) is 17.6. The van der Waals surface area contributed by atoms with Crippen LogP contribution in [0.2, 0.25) is 5.02 Å². The van der Waals surface area contributed by atoms with Crippen molar-refractivity contribution in [2.45, 2.75) is 18.9 Å². The molecule has 0 atom stereocenters. The highest BCUT2D eigenvalue weighted by Crippen LogP contribution is 2.23. The van der Waals surface area contributed by atoms with E-state index in [0.717, 1.165) is 10.8 Å². The molecule has 3 aromatic rings. The Morgan fingerprint density at radius 2 is 1.66 bits per heavy atom. The van der Waals surface area contributed by atoms with Crippen molar-refractivity contribution in [3.05, 3.63) is 82.6 Å². The van der Waals surface area contributed by atoms with Crippen molar-refractivity contribution in [3.8, 4) is 0 Å². The molecule has 1 aliphatic rings. The van der Waals surface area contributed by atoms with E-state index in [9.17, 15) is 14.0 Å². The molecule has 4 nitrogen and oxygen atoms in total. The van der Waals surface area contributed by atoms with Crippen LogP contribution < -0.4 is 5.32 Å². The highest BCUT2D eigenvalue weighted by molar-refractivity contribution is 6.33. The number of halogens is 2. The summed E-state index contributed by atoms with van der Waals surface area (Å²) in [5.41, 5.74) is 0.548. The number of hydrogen-bond acceptors (Lipinski definition) is 2. The van der Waals surface area contributed by atoms with Crippen LogP contribution >= 0.6 is 11.6 Å². The monoisotopic (exact) mass is 410 g/mol. The first-order valence-corrected chi connectivity index (χ1v) is 9.94. The Hall–Kier alpha value is -2.92. The van der Waals surface area contributed by atoms with Crippen LogP contribution in [0.5, 0.6) is 0 Å². The lowest BCUT2D eigenvalue weighted by atomic mass is 10.0. The summed E-state index contributed by atoms with van der Waals surface area (Å²) in [7, 11) is 0. The maximum Gasteiger partial charge on any atom is 0.255 e. The minimum absolute atomic E-state index is 0.0104. The van der Waals surface area contributed by atoms with Crippen LogP contribution in [-0.2, 0) is 0 Å². The summed E-state index contributed by atoms with van der Waals surface area (Å²) in [6.45, 7) is 1.05. The summed E-state index contributed by atoms with van der Waals surface area (Å²) >= 11 is 5.97. The topological polar surface area (TPSA) is 49.4 Å². The molecule has 1 heterocycles. The van der Waals surface area contributed by atoms with E-state index in [-0.39, 0.29) is 22.5 Å². The molecule has 0 spiro atoms. The Morgan fingerprint density at radius 1 is 0.966 bits per heavy atom. The molecule has 1 N–H and O–H groups in total. The highest BCUT2D eigenvalue weighted by Gasteiger charge is 2.26. The van der Waals surface area contributed by atoms with Gasteiger partial charge in [0.2, 0.25) is 0 Å². The molecule has 3 aromatic carbocycles. The van der Waals surface area contributed by atoms with Gasteiger partial charge in [0.15, 0.2) is 0 Å². The first-order valence-electron chi connectivity index (χ1n) is 9.56. The standard InChI is InChI=1S/C23H20ClFN2O2/c24-19-9-4-10-20(25)21(19)22(28)26-16-11-13-27(14-12-16)23(29)18-8-3-6-15-5-1-2-7-17(15)18/h1-10,16H,11-14H2,(H,26,28). The number of nitrogens with one attached hydrogen (secondary N) is 1. The third kappa shape index (κ3) is 3.96. The second kappa shape index (κ2) is 8.21. The number of carbonyl (C=O) groups is 2. The van der Waals surface area contributed by atoms with Gasteiger partial charge in [-0.1, -0.05) is 54.1 Å². The molecule has 0 bridgehead atoms. The summed E-state index contributed by atoms with van der Waals surface area (Å²) in [5.74, 6) is -1.17. The number of benzene rings is 3. The van der Waals surface area contributed by atoms with E-state index in [2.05, 4.69) is 5.32 Å². The average Bonchev–Trinajstić information content (AvgIpc) is 2.73. The second-order valence-corrected chi connectivity index (χ2v) is 7.57. The summed E-state index contributed by atoms with van der Waals surface area (Å²) in [6.07, 6.45) is 1.21. The van der Waals surface area contributed by atoms with Crippen molar-refractivity contribution in [3.63, 3.8) is 0 Å². The van der Waals surface area contributed by atoms with Gasteiger partial charge in [-0.15, -0.1) is 0 Å². The van der Waals surface area contributed by atoms with Crippen LogP contribution in [0.1, 0.15) is 33.6 Å². The van der Waals surface area contributed by atoms with Gasteiger partial charge in [0.1, 0.15) is 5.82 Å².